The molecule has 246 valence electrons. The quantitative estimate of drug-likeness (QED) is 0.161. The van der Waals surface area contributed by atoms with Gasteiger partial charge in [-0.15, -0.1) is 22.7 Å². The largest absolute Gasteiger partial charge is 0.370 e. The number of hydrogen-bond acceptors (Lipinski definition) is 6. The van der Waals surface area contributed by atoms with Crippen molar-refractivity contribution in [2.24, 2.45) is 0 Å². The Morgan fingerprint density at radius 2 is 1.19 bits per heavy atom. The highest BCUT2D eigenvalue weighted by Crippen LogP contribution is 2.36. The van der Waals surface area contributed by atoms with Crippen LogP contribution in [0.4, 0.5) is 17.1 Å². The van der Waals surface area contributed by atoms with Crippen LogP contribution in [0, 0.1) is 0 Å². The average Bonchev–Trinajstić information content (AvgIpc) is 3.80. The molecule has 6 aromatic rings. The van der Waals surface area contributed by atoms with Crippen LogP contribution in [0.15, 0.2) is 102 Å². The van der Waals surface area contributed by atoms with E-state index < -0.39 is 0 Å². The summed E-state index contributed by atoms with van der Waals surface area (Å²) in [5.41, 5.74) is 6.28. The summed E-state index contributed by atoms with van der Waals surface area (Å²) in [6.45, 7) is 5.80. The van der Waals surface area contributed by atoms with Crippen LogP contribution in [-0.2, 0) is 13.1 Å². The van der Waals surface area contributed by atoms with Gasteiger partial charge in [0.05, 0.1) is 10.7 Å². The van der Waals surface area contributed by atoms with Gasteiger partial charge in [-0.05, 0) is 144 Å². The van der Waals surface area contributed by atoms with Crippen molar-refractivity contribution in [3.63, 3.8) is 0 Å². The fourth-order valence-corrected chi connectivity index (χ4v) is 9.54. The first-order chi connectivity index (χ1) is 23.6. The lowest BCUT2D eigenvalue weighted by Gasteiger charge is -2.41. The maximum Gasteiger partial charge on any atom is 0.0642 e. The molecule has 0 aliphatic carbocycles. The Morgan fingerprint density at radius 1 is 0.625 bits per heavy atom. The Labute approximate surface area is 301 Å². The highest BCUT2D eigenvalue weighted by Gasteiger charge is 2.27. The lowest BCUT2D eigenvalue weighted by atomic mass is 9.99. The van der Waals surface area contributed by atoms with E-state index in [1.165, 1.54) is 42.7 Å². The molecular formula is C40H40Cl2N4S2. The van der Waals surface area contributed by atoms with Gasteiger partial charge in [-0.3, -0.25) is 0 Å². The second kappa shape index (κ2) is 14.3. The monoisotopic (exact) mass is 710 g/mol. The third kappa shape index (κ3) is 6.92. The fraction of sp³-hybridized carbons (Fsp3) is 0.300. The predicted molar refractivity (Wildman–Crippen MR) is 210 cm³/mol. The van der Waals surface area contributed by atoms with Crippen molar-refractivity contribution >= 4 is 83.1 Å². The van der Waals surface area contributed by atoms with Crippen molar-refractivity contribution in [1.29, 1.82) is 0 Å². The minimum absolute atomic E-state index is 0.435. The third-order valence-corrected chi connectivity index (χ3v) is 12.5. The molecular weight excluding hydrogens is 672 g/mol. The van der Waals surface area contributed by atoms with Gasteiger partial charge in [0.2, 0.25) is 0 Å². The first-order valence-electron chi connectivity index (χ1n) is 17.0. The molecule has 4 aromatic carbocycles. The number of thiophene rings is 2. The molecule has 0 unspecified atom stereocenters. The van der Waals surface area contributed by atoms with E-state index in [4.69, 9.17) is 23.2 Å². The molecule has 2 saturated heterocycles. The maximum absolute atomic E-state index is 7.11. The molecule has 1 N–H and O–H groups in total. The van der Waals surface area contributed by atoms with Gasteiger partial charge in [0.15, 0.2) is 0 Å². The molecule has 2 aliphatic heterocycles. The van der Waals surface area contributed by atoms with E-state index in [0.717, 1.165) is 80.7 Å². The van der Waals surface area contributed by atoms with Crippen LogP contribution < -0.4 is 20.0 Å². The number of nitrogens with one attached hydrogen (secondary N) is 1. The number of hydrogen-bond donors (Lipinski definition) is 1. The molecule has 0 saturated carbocycles. The molecule has 0 amide bonds. The molecule has 4 heterocycles. The second-order valence-electron chi connectivity index (χ2n) is 13.2. The van der Waals surface area contributed by atoms with Crippen molar-refractivity contribution in [2.75, 3.05) is 40.9 Å². The predicted octanol–water partition coefficient (Wildman–Crippen LogP) is 10.9. The van der Waals surface area contributed by atoms with Gasteiger partial charge in [0, 0.05) is 64.1 Å². The molecule has 48 heavy (non-hydrogen) atoms. The summed E-state index contributed by atoms with van der Waals surface area (Å²) in [7, 11) is 0. The van der Waals surface area contributed by atoms with Crippen LogP contribution in [0.1, 0.15) is 36.8 Å². The van der Waals surface area contributed by atoms with Crippen LogP contribution in [0.2, 0.25) is 10.0 Å². The Morgan fingerprint density at radius 3 is 1.79 bits per heavy atom. The van der Waals surface area contributed by atoms with Gasteiger partial charge in [0.25, 0.3) is 0 Å². The summed E-state index contributed by atoms with van der Waals surface area (Å²) in [6.07, 6.45) is 4.45. The summed E-state index contributed by atoms with van der Waals surface area (Å²) in [5.74, 6) is 0. The minimum Gasteiger partial charge on any atom is -0.370 e. The van der Waals surface area contributed by atoms with Crippen molar-refractivity contribution in [1.82, 2.24) is 5.32 Å². The zero-order valence-corrected chi connectivity index (χ0v) is 30.1. The first-order valence-corrected chi connectivity index (χ1v) is 19.6. The van der Waals surface area contributed by atoms with E-state index in [1.807, 2.05) is 23.5 Å². The molecule has 0 spiro atoms. The standard InChI is InChI=1S/C40H40Cl2N4S2/c41-32-4-1-28(2-5-32)26-45(35-6-9-39-30(24-35)15-21-47-39)34-13-19-44(20-14-34)38-8-3-29(23-37(38)42)27-46(33-11-17-43-18-12-33)36-7-10-40-31(25-36)16-22-48-40/h1-10,15-16,21-25,33-34,43H,11-14,17-20,26-27H2. The fourth-order valence-electron chi connectivity index (χ4n) is 7.55. The molecule has 8 heteroatoms. The average molecular weight is 712 g/mol. The second-order valence-corrected chi connectivity index (χ2v) is 15.9. The molecule has 4 nitrogen and oxygen atoms in total. The number of rotatable bonds is 9. The molecule has 2 aliphatic rings. The lowest BCUT2D eigenvalue weighted by Crippen LogP contribution is -2.45. The van der Waals surface area contributed by atoms with Gasteiger partial charge in [0.1, 0.15) is 0 Å². The maximum atomic E-state index is 7.11. The summed E-state index contributed by atoms with van der Waals surface area (Å²) >= 11 is 17.0. The Bertz CT molecular complexity index is 1990. The summed E-state index contributed by atoms with van der Waals surface area (Å²) in [4.78, 5) is 7.70. The molecule has 2 aromatic heterocycles. The number of nitrogens with zero attached hydrogens (tertiary/aromatic N) is 3. The van der Waals surface area contributed by atoms with Gasteiger partial charge in [-0.2, -0.15) is 0 Å². The zero-order valence-electron chi connectivity index (χ0n) is 27.0. The molecule has 0 atom stereocenters. The van der Waals surface area contributed by atoms with Crippen molar-refractivity contribution < 1.29 is 0 Å². The van der Waals surface area contributed by atoms with E-state index in [2.05, 4.69) is 110 Å². The van der Waals surface area contributed by atoms with Crippen LogP contribution >= 0.6 is 45.9 Å². The smallest absolute Gasteiger partial charge is 0.0642 e. The molecule has 2 fully saturated rings. The Balaban J connectivity index is 0.987. The van der Waals surface area contributed by atoms with E-state index in [-0.39, 0.29) is 0 Å². The SMILES string of the molecule is Clc1ccc(CN(c2ccc3sccc3c2)C2CCN(c3ccc(CN(c4ccc5sccc5c4)C4CCNCC4)cc3Cl)CC2)cc1. The van der Waals surface area contributed by atoms with E-state index in [9.17, 15) is 0 Å². The topological polar surface area (TPSA) is 21.8 Å². The van der Waals surface area contributed by atoms with Crippen LogP contribution in [-0.4, -0.2) is 38.3 Å². The highest BCUT2D eigenvalue weighted by molar-refractivity contribution is 7.17. The van der Waals surface area contributed by atoms with E-state index in [0.29, 0.717) is 12.1 Å². The van der Waals surface area contributed by atoms with Crippen LogP contribution in [0.3, 0.4) is 0 Å². The van der Waals surface area contributed by atoms with Gasteiger partial charge in [-0.25, -0.2) is 0 Å². The minimum atomic E-state index is 0.435. The molecule has 0 radical (unpaired) electrons. The van der Waals surface area contributed by atoms with Crippen molar-refractivity contribution in [3.05, 3.63) is 123 Å². The number of benzene rings is 4. The number of anilines is 3. The van der Waals surface area contributed by atoms with Gasteiger partial charge >= 0.3 is 0 Å². The van der Waals surface area contributed by atoms with Crippen LogP contribution in [0.25, 0.3) is 20.2 Å². The molecule has 8 rings (SSSR count). The third-order valence-electron chi connectivity index (χ3n) is 10.2. The number of piperidine rings is 2. The summed E-state index contributed by atoms with van der Waals surface area (Å²) in [6, 6.07) is 34.4. The van der Waals surface area contributed by atoms with Crippen molar-refractivity contribution in [2.45, 2.75) is 50.9 Å². The van der Waals surface area contributed by atoms with E-state index >= 15 is 0 Å². The van der Waals surface area contributed by atoms with Gasteiger partial charge < -0.3 is 20.0 Å². The number of halogens is 2. The number of fused-ring (bicyclic) bond motifs is 2. The normalized spacial score (nSPS) is 16.2. The molecule has 0 bridgehead atoms. The Kier molecular flexibility index (Phi) is 9.53. The zero-order chi connectivity index (χ0) is 32.5. The first kappa shape index (κ1) is 32.0. The van der Waals surface area contributed by atoms with Crippen molar-refractivity contribution in [3.8, 4) is 0 Å². The summed E-state index contributed by atoms with van der Waals surface area (Å²) < 4.78 is 2.68. The van der Waals surface area contributed by atoms with E-state index in [1.54, 1.807) is 11.3 Å². The summed E-state index contributed by atoms with van der Waals surface area (Å²) in [5, 5.41) is 12.2. The van der Waals surface area contributed by atoms with Crippen LogP contribution in [0.5, 0.6) is 0 Å². The highest BCUT2D eigenvalue weighted by atomic mass is 35.5. The van der Waals surface area contributed by atoms with Gasteiger partial charge in [-0.1, -0.05) is 41.4 Å². The Hall–Kier alpha value is -3.26. The lowest BCUT2D eigenvalue weighted by molar-refractivity contribution is 0.428.